The van der Waals surface area contributed by atoms with E-state index in [0.29, 0.717) is 23.2 Å². The van der Waals surface area contributed by atoms with Crippen molar-refractivity contribution < 1.29 is 9.59 Å². The van der Waals surface area contributed by atoms with E-state index in [1.54, 1.807) is 23.1 Å². The summed E-state index contributed by atoms with van der Waals surface area (Å²) in [5.41, 5.74) is 2.73. The Hall–Kier alpha value is -2.64. The van der Waals surface area contributed by atoms with Gasteiger partial charge in [-0.1, -0.05) is 35.1 Å². The standard InChI is InChI=1S/C19H17ClN4O2S/c1-12-5-6-15-16(9-12)27-18(21-15)22-17(25)11-23-7-8-24(19(23)26)14-4-2-3-13(20)10-14/h2-6,9-10H,7-8,11H2,1H3,(H,21,22,25). The highest BCUT2D eigenvalue weighted by atomic mass is 35.5. The highest BCUT2D eigenvalue weighted by molar-refractivity contribution is 7.22. The molecule has 4 rings (SSSR count). The molecule has 2 heterocycles. The maximum atomic E-state index is 12.6. The molecule has 1 aliphatic rings. The van der Waals surface area contributed by atoms with E-state index in [-0.39, 0.29) is 18.5 Å². The average Bonchev–Trinajstić information content (AvgIpc) is 3.17. The third kappa shape index (κ3) is 3.74. The maximum absolute atomic E-state index is 12.6. The van der Waals surface area contributed by atoms with Crippen LogP contribution in [0.3, 0.4) is 0 Å². The quantitative estimate of drug-likeness (QED) is 0.715. The molecule has 0 bridgehead atoms. The van der Waals surface area contributed by atoms with E-state index in [2.05, 4.69) is 10.3 Å². The number of halogens is 1. The summed E-state index contributed by atoms with van der Waals surface area (Å²) in [6.45, 7) is 3.01. The second kappa shape index (κ2) is 7.17. The molecule has 0 radical (unpaired) electrons. The number of rotatable bonds is 4. The van der Waals surface area contributed by atoms with Crippen LogP contribution in [0.1, 0.15) is 5.56 Å². The van der Waals surface area contributed by atoms with Crippen LogP contribution in [-0.4, -0.2) is 41.5 Å². The Morgan fingerprint density at radius 1 is 1.26 bits per heavy atom. The van der Waals surface area contributed by atoms with Gasteiger partial charge >= 0.3 is 6.03 Å². The third-order valence-corrected chi connectivity index (χ3v) is 5.51. The van der Waals surface area contributed by atoms with Crippen LogP contribution in [-0.2, 0) is 4.79 Å². The van der Waals surface area contributed by atoms with E-state index in [9.17, 15) is 9.59 Å². The highest BCUT2D eigenvalue weighted by Gasteiger charge is 2.31. The molecule has 8 heteroatoms. The number of fused-ring (bicyclic) bond motifs is 1. The average molecular weight is 401 g/mol. The third-order valence-electron chi connectivity index (χ3n) is 4.34. The van der Waals surface area contributed by atoms with Gasteiger partial charge in [-0.15, -0.1) is 0 Å². The molecule has 1 aliphatic heterocycles. The van der Waals surface area contributed by atoms with E-state index >= 15 is 0 Å². The molecule has 27 heavy (non-hydrogen) atoms. The van der Waals surface area contributed by atoms with Gasteiger partial charge in [-0.3, -0.25) is 9.69 Å². The first-order valence-electron chi connectivity index (χ1n) is 8.49. The first-order chi connectivity index (χ1) is 13.0. The highest BCUT2D eigenvalue weighted by Crippen LogP contribution is 2.27. The summed E-state index contributed by atoms with van der Waals surface area (Å²) in [6.07, 6.45) is 0. The van der Waals surface area contributed by atoms with Gasteiger partial charge in [-0.05, 0) is 42.8 Å². The summed E-state index contributed by atoms with van der Waals surface area (Å²) < 4.78 is 1.02. The number of aryl methyl sites for hydroxylation is 1. The van der Waals surface area contributed by atoms with E-state index < -0.39 is 0 Å². The van der Waals surface area contributed by atoms with Crippen LogP contribution in [0.25, 0.3) is 10.2 Å². The molecule has 3 amide bonds. The molecule has 3 aromatic rings. The SMILES string of the molecule is Cc1ccc2nc(NC(=O)CN3CCN(c4cccc(Cl)c4)C3=O)sc2c1. The first-order valence-corrected chi connectivity index (χ1v) is 9.68. The lowest BCUT2D eigenvalue weighted by Crippen LogP contribution is -2.37. The number of nitrogens with one attached hydrogen (secondary N) is 1. The van der Waals surface area contributed by atoms with Gasteiger partial charge in [0.25, 0.3) is 0 Å². The Kier molecular flexibility index (Phi) is 4.72. The minimum absolute atomic E-state index is 0.00908. The van der Waals surface area contributed by atoms with Crippen LogP contribution in [0.5, 0.6) is 0 Å². The minimum atomic E-state index is -0.257. The zero-order valence-corrected chi connectivity index (χ0v) is 16.2. The Balaban J connectivity index is 1.41. The van der Waals surface area contributed by atoms with Crippen molar-refractivity contribution in [3.8, 4) is 0 Å². The molecule has 0 unspecified atom stereocenters. The number of aromatic nitrogens is 1. The fourth-order valence-corrected chi connectivity index (χ4v) is 4.20. The van der Waals surface area contributed by atoms with Crippen LogP contribution in [0, 0.1) is 6.92 Å². The summed E-state index contributed by atoms with van der Waals surface area (Å²) in [4.78, 5) is 32.5. The Bertz CT molecular complexity index is 1040. The molecule has 0 spiro atoms. The zero-order chi connectivity index (χ0) is 19.0. The molecule has 1 aromatic heterocycles. The second-order valence-corrected chi connectivity index (χ2v) is 7.84. The lowest BCUT2D eigenvalue weighted by molar-refractivity contribution is -0.116. The lowest BCUT2D eigenvalue weighted by atomic mass is 10.2. The molecule has 0 saturated carbocycles. The number of benzene rings is 2. The predicted octanol–water partition coefficient (Wildman–Crippen LogP) is 4.14. The number of carbonyl (C=O) groups is 2. The van der Waals surface area contributed by atoms with Crippen LogP contribution in [0.4, 0.5) is 15.6 Å². The van der Waals surface area contributed by atoms with Gasteiger partial charge in [0.2, 0.25) is 5.91 Å². The van der Waals surface area contributed by atoms with E-state index in [1.165, 1.54) is 16.2 Å². The molecule has 2 aromatic carbocycles. The molecule has 6 nitrogen and oxygen atoms in total. The smallest absolute Gasteiger partial charge is 0.313 e. The molecule has 138 valence electrons. The number of anilines is 2. The number of hydrogen-bond acceptors (Lipinski definition) is 4. The summed E-state index contributed by atoms with van der Waals surface area (Å²) in [5.74, 6) is -0.257. The molecule has 0 aliphatic carbocycles. The Labute approximate surface area is 165 Å². The maximum Gasteiger partial charge on any atom is 0.325 e. The van der Waals surface area contributed by atoms with Gasteiger partial charge in [0.15, 0.2) is 5.13 Å². The van der Waals surface area contributed by atoms with Crippen molar-refractivity contribution in [2.24, 2.45) is 0 Å². The van der Waals surface area contributed by atoms with Gasteiger partial charge in [-0.25, -0.2) is 9.78 Å². The Morgan fingerprint density at radius 3 is 2.93 bits per heavy atom. The van der Waals surface area contributed by atoms with E-state index in [0.717, 1.165) is 21.5 Å². The minimum Gasteiger partial charge on any atom is -0.313 e. The van der Waals surface area contributed by atoms with Crippen LogP contribution in [0.15, 0.2) is 42.5 Å². The van der Waals surface area contributed by atoms with E-state index in [4.69, 9.17) is 11.6 Å². The second-order valence-electron chi connectivity index (χ2n) is 6.37. The normalized spacial score (nSPS) is 14.2. The first kappa shape index (κ1) is 17.8. The fraction of sp³-hybridized carbons (Fsp3) is 0.211. The van der Waals surface area contributed by atoms with Crippen LogP contribution in [0.2, 0.25) is 5.02 Å². The molecule has 1 fully saturated rings. The van der Waals surface area contributed by atoms with Gasteiger partial charge < -0.3 is 10.2 Å². The van der Waals surface area contributed by atoms with Crippen LogP contribution < -0.4 is 10.2 Å². The monoisotopic (exact) mass is 400 g/mol. The molecular formula is C19H17ClN4O2S. The van der Waals surface area contributed by atoms with Gasteiger partial charge in [0.1, 0.15) is 6.54 Å². The number of nitrogens with zero attached hydrogens (tertiary/aromatic N) is 3. The van der Waals surface area contributed by atoms with Crippen molar-refractivity contribution in [2.75, 3.05) is 29.9 Å². The van der Waals surface area contributed by atoms with Crippen molar-refractivity contribution in [2.45, 2.75) is 6.92 Å². The topological polar surface area (TPSA) is 65.5 Å². The summed E-state index contributed by atoms with van der Waals surface area (Å²) >= 11 is 7.43. The van der Waals surface area contributed by atoms with Gasteiger partial charge in [-0.2, -0.15) is 0 Å². The van der Waals surface area contributed by atoms with Crippen LogP contribution >= 0.6 is 22.9 Å². The van der Waals surface area contributed by atoms with Crippen molar-refractivity contribution in [1.29, 1.82) is 0 Å². The summed E-state index contributed by atoms with van der Waals surface area (Å²) in [7, 11) is 0. The summed E-state index contributed by atoms with van der Waals surface area (Å²) in [5, 5.41) is 3.91. The molecule has 0 atom stereocenters. The van der Waals surface area contributed by atoms with Gasteiger partial charge in [0.05, 0.1) is 10.2 Å². The van der Waals surface area contributed by atoms with Gasteiger partial charge in [0, 0.05) is 23.8 Å². The molecular weight excluding hydrogens is 384 g/mol. The summed E-state index contributed by atoms with van der Waals surface area (Å²) in [6, 6.07) is 12.9. The zero-order valence-electron chi connectivity index (χ0n) is 14.6. The van der Waals surface area contributed by atoms with Crippen molar-refractivity contribution >= 4 is 55.9 Å². The number of urea groups is 1. The number of amides is 3. The molecule has 1 N–H and O–H groups in total. The van der Waals surface area contributed by atoms with Crippen molar-refractivity contribution in [3.63, 3.8) is 0 Å². The predicted molar refractivity (Wildman–Crippen MR) is 109 cm³/mol. The fourth-order valence-electron chi connectivity index (χ4n) is 3.03. The Morgan fingerprint density at radius 2 is 2.11 bits per heavy atom. The molecule has 1 saturated heterocycles. The van der Waals surface area contributed by atoms with Crippen molar-refractivity contribution in [3.05, 3.63) is 53.1 Å². The van der Waals surface area contributed by atoms with Crippen molar-refractivity contribution in [1.82, 2.24) is 9.88 Å². The number of carbonyl (C=O) groups excluding carboxylic acids is 2. The number of thiazole rings is 1. The van der Waals surface area contributed by atoms with E-state index in [1.807, 2.05) is 31.2 Å². The lowest BCUT2D eigenvalue weighted by Gasteiger charge is -2.18. The largest absolute Gasteiger partial charge is 0.325 e. The number of hydrogen-bond donors (Lipinski definition) is 1.